The lowest BCUT2D eigenvalue weighted by atomic mass is 9.72. The van der Waals surface area contributed by atoms with Gasteiger partial charge in [0.25, 0.3) is 0 Å². The molecule has 0 bridgehead atoms. The Morgan fingerprint density at radius 2 is 1.70 bits per heavy atom. The Balaban J connectivity index is 3.52. The van der Waals surface area contributed by atoms with Crippen molar-refractivity contribution < 1.29 is 31.5 Å². The molecular weight excluding hydrogens is 380 g/mol. The molecule has 8 heteroatoms. The second-order valence-corrected chi connectivity index (χ2v) is 12.9. The smallest absolute Gasteiger partial charge is 0.416 e. The number of rotatable bonds is 7. The van der Waals surface area contributed by atoms with E-state index < -0.39 is 50.1 Å². The highest BCUT2D eigenvalue weighted by molar-refractivity contribution is 6.69. The molecule has 0 aliphatic heterocycles. The number of hydrogen-bond donors (Lipinski definition) is 0. The lowest BCUT2D eigenvalue weighted by molar-refractivity contribution is -0.261. The molecule has 154 valence electrons. The Morgan fingerprint density at radius 1 is 1.15 bits per heavy atom. The Hall–Kier alpha value is -1.41. The first-order chi connectivity index (χ1) is 12.0. The van der Waals surface area contributed by atoms with E-state index in [4.69, 9.17) is 4.43 Å². The van der Waals surface area contributed by atoms with E-state index >= 15 is 0 Å². The molecule has 3 nitrogen and oxygen atoms in total. The third-order valence-corrected chi connectivity index (χ3v) is 5.34. The quantitative estimate of drug-likeness (QED) is 0.339. The van der Waals surface area contributed by atoms with Gasteiger partial charge in [0.15, 0.2) is 13.9 Å². The standard InChI is InChI=1S/C19H28F4O3Si/c1-13-8-9-14(20)10-15(13)17(2,3)12-18(19(21,22)23,11-16(24)25-4)26-27(5,6)7/h8-10H,11-12H2,1-7H3/t18-/m0/s1. The van der Waals surface area contributed by atoms with Crippen LogP contribution in [0.15, 0.2) is 18.2 Å². The van der Waals surface area contributed by atoms with Crippen LogP contribution in [-0.4, -0.2) is 33.2 Å². The lowest BCUT2D eigenvalue weighted by Crippen LogP contribution is -2.57. The average molecular weight is 409 g/mol. The van der Waals surface area contributed by atoms with E-state index in [2.05, 4.69) is 4.74 Å². The lowest BCUT2D eigenvalue weighted by Gasteiger charge is -2.44. The van der Waals surface area contributed by atoms with Crippen LogP contribution < -0.4 is 0 Å². The number of alkyl halides is 3. The Bertz CT molecular complexity index is 681. The zero-order valence-electron chi connectivity index (χ0n) is 16.9. The van der Waals surface area contributed by atoms with Crippen molar-refractivity contribution in [1.82, 2.24) is 0 Å². The predicted octanol–water partition coefficient (Wildman–Crippen LogP) is 5.52. The number of benzene rings is 1. The number of carbonyl (C=O) groups excluding carboxylic acids is 1. The van der Waals surface area contributed by atoms with Gasteiger partial charge in [0, 0.05) is 0 Å². The largest absolute Gasteiger partial charge is 0.469 e. The van der Waals surface area contributed by atoms with E-state index in [9.17, 15) is 22.4 Å². The monoisotopic (exact) mass is 408 g/mol. The molecule has 0 unspecified atom stereocenters. The molecule has 1 rings (SSSR count). The van der Waals surface area contributed by atoms with Crippen LogP contribution in [0.4, 0.5) is 17.6 Å². The third kappa shape index (κ3) is 6.04. The SMILES string of the molecule is COC(=O)C[C@@](CC(C)(C)c1cc(F)ccc1C)(O[Si](C)(C)C)C(F)(F)F. The minimum Gasteiger partial charge on any atom is -0.469 e. The Labute approximate surface area is 159 Å². The molecule has 0 aliphatic carbocycles. The number of esters is 1. The van der Waals surface area contributed by atoms with Crippen molar-refractivity contribution >= 4 is 14.3 Å². The van der Waals surface area contributed by atoms with Gasteiger partial charge in [-0.3, -0.25) is 4.79 Å². The highest BCUT2D eigenvalue weighted by atomic mass is 28.4. The van der Waals surface area contributed by atoms with Crippen LogP contribution in [0.2, 0.25) is 19.6 Å². The van der Waals surface area contributed by atoms with Gasteiger partial charge >= 0.3 is 12.1 Å². The van der Waals surface area contributed by atoms with Gasteiger partial charge in [-0.2, -0.15) is 13.2 Å². The van der Waals surface area contributed by atoms with Crippen molar-refractivity contribution in [2.75, 3.05) is 7.11 Å². The van der Waals surface area contributed by atoms with E-state index in [0.717, 1.165) is 7.11 Å². The number of carbonyl (C=O) groups is 1. The van der Waals surface area contributed by atoms with Gasteiger partial charge in [0.1, 0.15) is 5.82 Å². The molecule has 0 amide bonds. The van der Waals surface area contributed by atoms with Crippen molar-refractivity contribution in [2.45, 2.75) is 70.4 Å². The van der Waals surface area contributed by atoms with E-state index in [1.807, 2.05) is 0 Å². The van der Waals surface area contributed by atoms with E-state index in [1.54, 1.807) is 40.4 Å². The molecule has 0 aliphatic rings. The van der Waals surface area contributed by atoms with Gasteiger partial charge in [-0.05, 0) is 61.7 Å². The van der Waals surface area contributed by atoms with E-state index in [0.29, 0.717) is 11.1 Å². The topological polar surface area (TPSA) is 35.5 Å². The zero-order valence-corrected chi connectivity index (χ0v) is 17.9. The van der Waals surface area contributed by atoms with E-state index in [1.165, 1.54) is 18.2 Å². The van der Waals surface area contributed by atoms with Crippen molar-refractivity contribution in [2.24, 2.45) is 0 Å². The molecule has 0 spiro atoms. The molecule has 0 saturated carbocycles. The van der Waals surface area contributed by atoms with Gasteiger partial charge in [-0.25, -0.2) is 4.39 Å². The molecule has 0 radical (unpaired) electrons. The molecule has 27 heavy (non-hydrogen) atoms. The van der Waals surface area contributed by atoms with Crippen LogP contribution in [0, 0.1) is 12.7 Å². The summed E-state index contributed by atoms with van der Waals surface area (Å²) in [5.41, 5.74) is -2.70. The summed E-state index contributed by atoms with van der Waals surface area (Å²) in [5, 5.41) is 0. The normalized spacial score (nSPS) is 15.4. The van der Waals surface area contributed by atoms with Gasteiger partial charge in [-0.1, -0.05) is 19.9 Å². The highest BCUT2D eigenvalue weighted by Crippen LogP contribution is 2.47. The van der Waals surface area contributed by atoms with Crippen LogP contribution in [0.25, 0.3) is 0 Å². The third-order valence-electron chi connectivity index (χ3n) is 4.33. The summed E-state index contributed by atoms with van der Waals surface area (Å²) in [6, 6.07) is 4.03. The highest BCUT2D eigenvalue weighted by Gasteiger charge is 2.60. The first-order valence-electron chi connectivity index (χ1n) is 8.63. The zero-order chi connectivity index (χ0) is 21.3. The molecule has 1 aromatic carbocycles. The van der Waals surface area contributed by atoms with Crippen molar-refractivity contribution in [3.05, 3.63) is 35.1 Å². The van der Waals surface area contributed by atoms with Crippen LogP contribution >= 0.6 is 0 Å². The second kappa shape index (κ2) is 7.91. The summed E-state index contributed by atoms with van der Waals surface area (Å²) in [7, 11) is -1.67. The minimum absolute atomic E-state index is 0.445. The molecule has 0 N–H and O–H groups in total. The first kappa shape index (κ1) is 23.6. The maximum Gasteiger partial charge on any atom is 0.416 e. The van der Waals surface area contributed by atoms with Crippen LogP contribution in [-0.2, 0) is 19.4 Å². The summed E-state index contributed by atoms with van der Waals surface area (Å²) in [6.07, 6.45) is -6.29. The number of hydrogen-bond acceptors (Lipinski definition) is 3. The van der Waals surface area contributed by atoms with Crippen LogP contribution in [0.3, 0.4) is 0 Å². The van der Waals surface area contributed by atoms with Gasteiger partial charge in [-0.15, -0.1) is 0 Å². The summed E-state index contributed by atoms with van der Waals surface area (Å²) in [5.74, 6) is -1.53. The van der Waals surface area contributed by atoms with Crippen LogP contribution in [0.5, 0.6) is 0 Å². The molecule has 1 aromatic rings. The minimum atomic E-state index is -4.81. The fraction of sp³-hybridized carbons (Fsp3) is 0.632. The van der Waals surface area contributed by atoms with Gasteiger partial charge < -0.3 is 9.16 Å². The number of aryl methyl sites for hydroxylation is 1. The molecular formula is C19H28F4O3Si. The molecule has 1 atom stereocenters. The summed E-state index contributed by atoms with van der Waals surface area (Å²) >= 11 is 0. The van der Waals surface area contributed by atoms with Gasteiger partial charge in [0.2, 0.25) is 0 Å². The van der Waals surface area contributed by atoms with Crippen LogP contribution in [0.1, 0.15) is 37.8 Å². The number of methoxy groups -OCH3 is 1. The fourth-order valence-electron chi connectivity index (χ4n) is 3.42. The summed E-state index contributed by atoms with van der Waals surface area (Å²) in [6.45, 7) is 9.80. The first-order valence-corrected chi connectivity index (χ1v) is 12.0. The van der Waals surface area contributed by atoms with E-state index in [-0.39, 0.29) is 0 Å². The fourth-order valence-corrected chi connectivity index (χ4v) is 4.85. The molecule has 0 fully saturated rings. The van der Waals surface area contributed by atoms with Crippen molar-refractivity contribution in [3.63, 3.8) is 0 Å². The average Bonchev–Trinajstić information content (AvgIpc) is 2.46. The Kier molecular flexibility index (Phi) is 6.92. The second-order valence-electron chi connectivity index (χ2n) is 8.48. The van der Waals surface area contributed by atoms with Crippen molar-refractivity contribution in [3.8, 4) is 0 Å². The van der Waals surface area contributed by atoms with Gasteiger partial charge in [0.05, 0.1) is 13.5 Å². The summed E-state index contributed by atoms with van der Waals surface area (Å²) < 4.78 is 66.6. The van der Waals surface area contributed by atoms with Crippen molar-refractivity contribution in [1.29, 1.82) is 0 Å². The summed E-state index contributed by atoms with van der Waals surface area (Å²) in [4.78, 5) is 11.9. The molecule has 0 aromatic heterocycles. The maximum atomic E-state index is 14.2. The molecule has 0 saturated heterocycles. The Morgan fingerprint density at radius 3 is 2.15 bits per heavy atom. The predicted molar refractivity (Wildman–Crippen MR) is 98.6 cm³/mol. The molecule has 0 heterocycles. The number of halogens is 4. The number of ether oxygens (including phenoxy) is 1. The maximum absolute atomic E-state index is 14.2.